The summed E-state index contributed by atoms with van der Waals surface area (Å²) in [6.45, 7) is 1.15. The number of amides is 3. The second kappa shape index (κ2) is 23.9. The number of carboxylic acids is 4. The van der Waals surface area contributed by atoms with Gasteiger partial charge in [0.15, 0.2) is 11.2 Å². The van der Waals surface area contributed by atoms with Crippen molar-refractivity contribution in [3.63, 3.8) is 0 Å². The Hall–Kier alpha value is -7.61. The Kier molecular flexibility index (Phi) is 17.9. The number of nitrogens with two attached hydrogens (primary N) is 1. The van der Waals surface area contributed by atoms with Crippen LogP contribution in [0.4, 0.5) is 23.0 Å². The predicted octanol–water partition coefficient (Wildman–Crippen LogP) is -1.08. The van der Waals surface area contributed by atoms with Crippen LogP contribution in [0.15, 0.2) is 59.5 Å². The van der Waals surface area contributed by atoms with Crippen molar-refractivity contribution in [2.75, 3.05) is 100 Å². The van der Waals surface area contributed by atoms with Gasteiger partial charge in [-0.1, -0.05) is 0 Å². The Morgan fingerprint density at radius 1 is 0.652 bits per heavy atom. The third-order valence-electron chi connectivity index (χ3n) is 10.2. The lowest BCUT2D eigenvalue weighted by Crippen LogP contribution is -2.49. The van der Waals surface area contributed by atoms with Gasteiger partial charge in [0.25, 0.3) is 11.5 Å². The summed E-state index contributed by atoms with van der Waals surface area (Å²) in [5.74, 6) is -6.22. The number of H-pyrrole nitrogens is 1. The number of aromatic amines is 1. The van der Waals surface area contributed by atoms with Crippen molar-refractivity contribution in [1.29, 1.82) is 0 Å². The standard InChI is InChI=1S/C41H51N13O12/c42-41-49-37-36(39(64)50-41)47-29(20-44-37)19-43-26-3-1-25(2-4-26)38(63)48-30(40(65)66)9-10-31(55)45-27-5-7-28(8-6-27)46-32(56)21-51-11-13-52(22-33(57)58)15-17-54(24-35(61)62)18-16-53(14-12-51)23-34(59)60/h1-8,20,30,43H,9-19,21-24H2,(H,45,55)(H,46,56)(H,48,63)(H,57,58)(H,59,60)(H,61,62)(H,65,66)(H3,42,44,49,50,64). The van der Waals surface area contributed by atoms with Gasteiger partial charge < -0.3 is 47.4 Å². The number of carboxylic acid groups (broad SMARTS) is 4. The number of benzene rings is 2. The van der Waals surface area contributed by atoms with Gasteiger partial charge in [-0.2, -0.15) is 4.98 Å². The third-order valence-corrected chi connectivity index (χ3v) is 10.2. The molecule has 1 aliphatic rings. The molecule has 0 radical (unpaired) electrons. The van der Waals surface area contributed by atoms with E-state index < -0.39 is 53.2 Å². The van der Waals surface area contributed by atoms with E-state index in [0.29, 0.717) is 22.8 Å². The molecule has 5 rings (SSSR count). The molecule has 3 amide bonds. The van der Waals surface area contributed by atoms with E-state index in [1.165, 1.54) is 30.5 Å². The molecule has 352 valence electrons. The smallest absolute Gasteiger partial charge is 0.326 e. The summed E-state index contributed by atoms with van der Waals surface area (Å²) in [7, 11) is 0. The summed E-state index contributed by atoms with van der Waals surface area (Å²) < 4.78 is 0. The third kappa shape index (κ3) is 16.2. The molecule has 0 bridgehead atoms. The molecule has 0 saturated carbocycles. The molecule has 2 aromatic heterocycles. The Bertz CT molecular complexity index is 2400. The number of anilines is 4. The zero-order chi connectivity index (χ0) is 47.8. The zero-order valence-electron chi connectivity index (χ0n) is 35.6. The second-order valence-corrected chi connectivity index (χ2v) is 15.3. The van der Waals surface area contributed by atoms with Crippen LogP contribution in [0.2, 0.25) is 0 Å². The van der Waals surface area contributed by atoms with E-state index in [9.17, 15) is 58.8 Å². The Labute approximate surface area is 376 Å². The first kappa shape index (κ1) is 49.4. The molecule has 2 aromatic carbocycles. The average molecular weight is 918 g/mol. The van der Waals surface area contributed by atoms with Crippen LogP contribution in [0, 0.1) is 0 Å². The van der Waals surface area contributed by atoms with E-state index in [0.717, 1.165) is 0 Å². The summed E-state index contributed by atoms with van der Waals surface area (Å²) in [5, 5.41) is 49.0. The number of nitrogen functional groups attached to an aromatic ring is 1. The SMILES string of the molecule is Nc1nc2ncc(CNc3ccc(C(=O)NC(CCC(=O)Nc4ccc(NC(=O)CN5CCN(CC(=O)O)CCN(CC(=O)O)CCN(CC(=O)O)CC5)cc4)C(=O)O)cc3)nc2c(=O)[nH]1. The molecule has 1 fully saturated rings. The fourth-order valence-electron chi connectivity index (χ4n) is 6.81. The summed E-state index contributed by atoms with van der Waals surface area (Å²) in [6, 6.07) is 10.9. The zero-order valence-corrected chi connectivity index (χ0v) is 35.6. The summed E-state index contributed by atoms with van der Waals surface area (Å²) in [5.41, 5.74) is 7.08. The molecule has 1 unspecified atom stereocenters. The monoisotopic (exact) mass is 917 g/mol. The van der Waals surface area contributed by atoms with Crippen LogP contribution in [-0.2, 0) is 35.3 Å². The minimum atomic E-state index is -1.39. The molecule has 11 N–H and O–H groups in total. The van der Waals surface area contributed by atoms with E-state index in [1.54, 1.807) is 43.9 Å². The van der Waals surface area contributed by atoms with Gasteiger partial charge in [0, 0.05) is 81.4 Å². The molecule has 1 saturated heterocycles. The normalized spacial score (nSPS) is 15.1. The Morgan fingerprint density at radius 3 is 1.61 bits per heavy atom. The van der Waals surface area contributed by atoms with Crippen LogP contribution in [0.5, 0.6) is 0 Å². The highest BCUT2D eigenvalue weighted by molar-refractivity contribution is 5.97. The molecular formula is C41H51N13O12. The van der Waals surface area contributed by atoms with Crippen molar-refractivity contribution in [3.8, 4) is 0 Å². The molecule has 0 spiro atoms. The first-order chi connectivity index (χ1) is 31.5. The lowest BCUT2D eigenvalue weighted by molar-refractivity contribution is -0.140. The van der Waals surface area contributed by atoms with Crippen LogP contribution in [-0.4, -0.2) is 186 Å². The number of hydrogen-bond donors (Lipinski definition) is 10. The number of aliphatic carboxylic acids is 4. The number of carbonyl (C=O) groups is 7. The molecule has 1 aliphatic heterocycles. The summed E-state index contributed by atoms with van der Waals surface area (Å²) in [6.07, 6.45) is 0.961. The van der Waals surface area contributed by atoms with E-state index in [-0.39, 0.29) is 121 Å². The maximum absolute atomic E-state index is 13.2. The van der Waals surface area contributed by atoms with Gasteiger partial charge in [0.2, 0.25) is 17.8 Å². The molecule has 25 heteroatoms. The highest BCUT2D eigenvalue weighted by Crippen LogP contribution is 2.16. The number of nitrogens with zero attached hydrogens (tertiary/aromatic N) is 7. The van der Waals surface area contributed by atoms with Gasteiger partial charge in [-0.3, -0.25) is 58.1 Å². The molecule has 4 aromatic rings. The number of aromatic nitrogens is 4. The van der Waals surface area contributed by atoms with Gasteiger partial charge in [-0.25, -0.2) is 14.8 Å². The van der Waals surface area contributed by atoms with Crippen LogP contribution < -0.4 is 32.6 Å². The molecule has 0 aliphatic carbocycles. The highest BCUT2D eigenvalue weighted by Gasteiger charge is 2.23. The van der Waals surface area contributed by atoms with Crippen molar-refractivity contribution < 1.29 is 54.0 Å². The second-order valence-electron chi connectivity index (χ2n) is 15.3. The maximum Gasteiger partial charge on any atom is 0.326 e. The van der Waals surface area contributed by atoms with Crippen LogP contribution in [0.25, 0.3) is 11.2 Å². The fraction of sp³-hybridized carbons (Fsp3) is 0.390. The molecule has 25 nitrogen and oxygen atoms in total. The first-order valence-electron chi connectivity index (χ1n) is 20.6. The largest absolute Gasteiger partial charge is 0.480 e. The maximum atomic E-state index is 13.2. The predicted molar refractivity (Wildman–Crippen MR) is 237 cm³/mol. The topological polar surface area (TPSA) is 359 Å². The quantitative estimate of drug-likeness (QED) is 0.0535. The molecule has 3 heterocycles. The number of hydrogen-bond acceptors (Lipinski definition) is 17. The van der Waals surface area contributed by atoms with Gasteiger partial charge in [0.1, 0.15) is 6.04 Å². The van der Waals surface area contributed by atoms with Crippen molar-refractivity contribution in [3.05, 3.63) is 76.3 Å². The minimum Gasteiger partial charge on any atom is -0.480 e. The number of rotatable bonds is 19. The van der Waals surface area contributed by atoms with E-state index in [2.05, 4.69) is 41.2 Å². The Morgan fingerprint density at radius 2 is 1.12 bits per heavy atom. The lowest BCUT2D eigenvalue weighted by atomic mass is 10.1. The first-order valence-corrected chi connectivity index (χ1v) is 20.6. The van der Waals surface area contributed by atoms with E-state index in [1.807, 2.05) is 0 Å². The van der Waals surface area contributed by atoms with Crippen molar-refractivity contribution in [2.24, 2.45) is 0 Å². The fourth-order valence-corrected chi connectivity index (χ4v) is 6.81. The molecule has 1 atom stereocenters. The van der Waals surface area contributed by atoms with Gasteiger partial charge in [0.05, 0.1) is 44.6 Å². The van der Waals surface area contributed by atoms with Gasteiger partial charge in [-0.15, -0.1) is 0 Å². The van der Waals surface area contributed by atoms with Crippen molar-refractivity contribution >= 4 is 75.8 Å². The van der Waals surface area contributed by atoms with Crippen LogP contribution in [0.3, 0.4) is 0 Å². The molecule has 66 heavy (non-hydrogen) atoms. The van der Waals surface area contributed by atoms with Gasteiger partial charge >= 0.3 is 23.9 Å². The number of fused-ring (bicyclic) bond motifs is 1. The van der Waals surface area contributed by atoms with E-state index >= 15 is 0 Å². The number of nitrogens with one attached hydrogen (secondary N) is 5. The Balaban J connectivity index is 1.08. The summed E-state index contributed by atoms with van der Waals surface area (Å²) in [4.78, 5) is 119. The summed E-state index contributed by atoms with van der Waals surface area (Å²) >= 11 is 0. The van der Waals surface area contributed by atoms with Gasteiger partial charge in [-0.05, 0) is 55.0 Å². The van der Waals surface area contributed by atoms with E-state index in [4.69, 9.17) is 5.73 Å². The van der Waals surface area contributed by atoms with Crippen molar-refractivity contribution in [1.82, 2.24) is 44.9 Å². The number of carbonyl (C=O) groups excluding carboxylic acids is 3. The lowest BCUT2D eigenvalue weighted by Gasteiger charge is -2.32. The van der Waals surface area contributed by atoms with Crippen molar-refractivity contribution in [2.45, 2.75) is 25.4 Å². The van der Waals surface area contributed by atoms with Crippen LogP contribution in [0.1, 0.15) is 28.9 Å². The average Bonchev–Trinajstić information content (AvgIpc) is 3.25. The molecular weight excluding hydrogens is 867 g/mol. The highest BCUT2D eigenvalue weighted by atomic mass is 16.4. The minimum absolute atomic E-state index is 0.0252. The van der Waals surface area contributed by atoms with Crippen LogP contribution >= 0.6 is 0 Å².